The Morgan fingerprint density at radius 2 is 2.17 bits per heavy atom. The van der Waals surface area contributed by atoms with Crippen molar-refractivity contribution in [2.75, 3.05) is 7.05 Å². The van der Waals surface area contributed by atoms with Gasteiger partial charge in [0.1, 0.15) is 12.0 Å². The molecule has 0 radical (unpaired) electrons. The molecule has 0 spiro atoms. The van der Waals surface area contributed by atoms with E-state index in [-0.39, 0.29) is 0 Å². The molecule has 0 unspecified atom stereocenters. The summed E-state index contributed by atoms with van der Waals surface area (Å²) in [6.07, 6.45) is 7.12. The smallest absolute Gasteiger partial charge is 0.178 e. The molecule has 0 amide bonds. The van der Waals surface area contributed by atoms with Gasteiger partial charge in [-0.05, 0) is 19.5 Å². The van der Waals surface area contributed by atoms with Crippen molar-refractivity contribution in [3.05, 3.63) is 36.0 Å². The average Bonchev–Trinajstić information content (AvgIpc) is 2.42. The predicted octanol–water partition coefficient (Wildman–Crippen LogP) is 1.61. The summed E-state index contributed by atoms with van der Waals surface area (Å²) in [6.45, 7) is 2.94. The van der Waals surface area contributed by atoms with Crippen LogP contribution in [-0.4, -0.2) is 27.0 Å². The lowest BCUT2D eigenvalue weighted by Crippen LogP contribution is -2.10. The zero-order chi connectivity index (χ0) is 12.8. The topological polar surface area (TPSA) is 63.6 Å². The number of aromatic nitrogens is 4. The highest BCUT2D eigenvalue weighted by atomic mass is 14.9. The van der Waals surface area contributed by atoms with Crippen LogP contribution in [0.2, 0.25) is 0 Å². The van der Waals surface area contributed by atoms with Gasteiger partial charge < -0.3 is 5.32 Å². The maximum Gasteiger partial charge on any atom is 0.178 e. The number of nitrogens with zero attached hydrogens (tertiary/aromatic N) is 4. The van der Waals surface area contributed by atoms with Gasteiger partial charge in [0, 0.05) is 30.2 Å². The van der Waals surface area contributed by atoms with E-state index >= 15 is 0 Å². The van der Waals surface area contributed by atoms with Gasteiger partial charge in [-0.25, -0.2) is 19.9 Å². The number of aryl methyl sites for hydroxylation is 1. The molecular formula is C13H17N5. The number of rotatable bonds is 5. The quantitative estimate of drug-likeness (QED) is 0.864. The van der Waals surface area contributed by atoms with Gasteiger partial charge in [0.2, 0.25) is 0 Å². The van der Waals surface area contributed by atoms with Crippen LogP contribution in [0.4, 0.5) is 0 Å². The molecule has 0 aliphatic rings. The van der Waals surface area contributed by atoms with Crippen LogP contribution in [0.3, 0.4) is 0 Å². The minimum absolute atomic E-state index is 0.667. The molecule has 2 rings (SSSR count). The third-order valence-electron chi connectivity index (χ3n) is 2.62. The van der Waals surface area contributed by atoms with Crippen molar-refractivity contribution in [1.82, 2.24) is 25.3 Å². The van der Waals surface area contributed by atoms with Gasteiger partial charge in [0.05, 0.1) is 0 Å². The van der Waals surface area contributed by atoms with E-state index in [4.69, 9.17) is 0 Å². The zero-order valence-corrected chi connectivity index (χ0v) is 10.7. The lowest BCUT2D eigenvalue weighted by atomic mass is 10.1. The van der Waals surface area contributed by atoms with E-state index < -0.39 is 0 Å². The Hall–Kier alpha value is -1.88. The highest BCUT2D eigenvalue weighted by molar-refractivity contribution is 5.48. The second-order valence-electron chi connectivity index (χ2n) is 4.04. The zero-order valence-electron chi connectivity index (χ0n) is 10.7. The third-order valence-corrected chi connectivity index (χ3v) is 2.62. The van der Waals surface area contributed by atoms with Crippen molar-refractivity contribution in [1.29, 1.82) is 0 Å². The van der Waals surface area contributed by atoms with E-state index in [0.717, 1.165) is 36.3 Å². The normalized spacial score (nSPS) is 10.6. The summed E-state index contributed by atoms with van der Waals surface area (Å²) in [5.74, 6) is 0.667. The predicted molar refractivity (Wildman–Crippen MR) is 69.8 cm³/mol. The maximum atomic E-state index is 4.61. The Morgan fingerprint density at radius 3 is 2.83 bits per heavy atom. The summed E-state index contributed by atoms with van der Waals surface area (Å²) in [5, 5.41) is 3.14. The molecule has 5 nitrogen and oxygen atoms in total. The Balaban J connectivity index is 2.36. The van der Waals surface area contributed by atoms with Gasteiger partial charge in [-0.1, -0.05) is 13.3 Å². The largest absolute Gasteiger partial charge is 0.316 e. The Kier molecular flexibility index (Phi) is 4.30. The first-order chi connectivity index (χ1) is 8.85. The molecule has 0 saturated carbocycles. The van der Waals surface area contributed by atoms with Crippen LogP contribution < -0.4 is 5.32 Å². The molecular weight excluding hydrogens is 226 g/mol. The molecule has 2 aromatic heterocycles. The van der Waals surface area contributed by atoms with Crippen LogP contribution in [0.5, 0.6) is 0 Å². The lowest BCUT2D eigenvalue weighted by Gasteiger charge is -2.08. The summed E-state index contributed by atoms with van der Waals surface area (Å²) >= 11 is 0. The molecule has 5 heteroatoms. The van der Waals surface area contributed by atoms with Crippen LogP contribution in [0.1, 0.15) is 24.6 Å². The molecule has 0 aliphatic heterocycles. The van der Waals surface area contributed by atoms with E-state index in [1.165, 1.54) is 6.33 Å². The van der Waals surface area contributed by atoms with Crippen LogP contribution in [-0.2, 0) is 13.0 Å². The molecule has 94 valence electrons. The maximum absolute atomic E-state index is 4.61. The fourth-order valence-corrected chi connectivity index (χ4v) is 1.78. The van der Waals surface area contributed by atoms with Gasteiger partial charge in [-0.15, -0.1) is 0 Å². The van der Waals surface area contributed by atoms with Gasteiger partial charge in [0.15, 0.2) is 5.82 Å². The summed E-state index contributed by atoms with van der Waals surface area (Å²) in [4.78, 5) is 17.1. The number of nitrogens with one attached hydrogen (secondary N) is 1. The van der Waals surface area contributed by atoms with Gasteiger partial charge in [-0.2, -0.15) is 0 Å². The second kappa shape index (κ2) is 6.16. The minimum Gasteiger partial charge on any atom is -0.316 e. The number of hydrogen-bond acceptors (Lipinski definition) is 5. The van der Waals surface area contributed by atoms with E-state index in [9.17, 15) is 0 Å². The molecule has 0 saturated heterocycles. The molecule has 0 fully saturated rings. The van der Waals surface area contributed by atoms with Crippen LogP contribution in [0, 0.1) is 0 Å². The van der Waals surface area contributed by atoms with Crippen molar-refractivity contribution >= 4 is 0 Å². The Labute approximate surface area is 107 Å². The standard InChI is InChI=1S/C13H17N5/c1-3-4-11-10(7-14-2)8-16-13(18-11)12-5-6-15-9-17-12/h5-6,8-9,14H,3-4,7H2,1-2H3. The molecule has 1 N–H and O–H groups in total. The van der Waals surface area contributed by atoms with Crippen molar-refractivity contribution in [3.8, 4) is 11.5 Å². The molecule has 0 atom stereocenters. The van der Waals surface area contributed by atoms with Gasteiger partial charge in [0.25, 0.3) is 0 Å². The fourth-order valence-electron chi connectivity index (χ4n) is 1.78. The molecule has 0 aliphatic carbocycles. The Bertz CT molecular complexity index is 498. The summed E-state index contributed by atoms with van der Waals surface area (Å²) in [7, 11) is 1.92. The second-order valence-corrected chi connectivity index (χ2v) is 4.04. The van der Waals surface area contributed by atoms with Crippen molar-refractivity contribution < 1.29 is 0 Å². The summed E-state index contributed by atoms with van der Waals surface area (Å²) in [5.41, 5.74) is 3.01. The minimum atomic E-state index is 0.667. The van der Waals surface area contributed by atoms with Crippen LogP contribution >= 0.6 is 0 Å². The summed E-state index contributed by atoms with van der Waals surface area (Å²) in [6, 6.07) is 1.82. The van der Waals surface area contributed by atoms with E-state index in [0.29, 0.717) is 5.82 Å². The first-order valence-electron chi connectivity index (χ1n) is 6.11. The van der Waals surface area contributed by atoms with Crippen LogP contribution in [0.25, 0.3) is 11.5 Å². The first kappa shape index (κ1) is 12.6. The van der Waals surface area contributed by atoms with Crippen molar-refractivity contribution in [2.24, 2.45) is 0 Å². The molecule has 0 aromatic carbocycles. The third kappa shape index (κ3) is 2.87. The molecule has 2 heterocycles. The van der Waals surface area contributed by atoms with Gasteiger partial charge >= 0.3 is 0 Å². The molecule has 2 aromatic rings. The van der Waals surface area contributed by atoms with E-state index in [1.807, 2.05) is 19.3 Å². The van der Waals surface area contributed by atoms with Gasteiger partial charge in [-0.3, -0.25) is 0 Å². The average molecular weight is 243 g/mol. The SMILES string of the molecule is CCCc1nc(-c2ccncn2)ncc1CNC. The number of hydrogen-bond donors (Lipinski definition) is 1. The van der Waals surface area contributed by atoms with E-state index in [1.54, 1.807) is 6.20 Å². The highest BCUT2D eigenvalue weighted by Gasteiger charge is 2.08. The Morgan fingerprint density at radius 1 is 1.28 bits per heavy atom. The fraction of sp³-hybridized carbons (Fsp3) is 0.385. The monoisotopic (exact) mass is 243 g/mol. The van der Waals surface area contributed by atoms with Crippen molar-refractivity contribution in [2.45, 2.75) is 26.3 Å². The highest BCUT2D eigenvalue weighted by Crippen LogP contribution is 2.14. The first-order valence-corrected chi connectivity index (χ1v) is 6.11. The summed E-state index contributed by atoms with van der Waals surface area (Å²) < 4.78 is 0. The molecule has 0 bridgehead atoms. The molecule has 18 heavy (non-hydrogen) atoms. The van der Waals surface area contributed by atoms with E-state index in [2.05, 4.69) is 32.2 Å². The van der Waals surface area contributed by atoms with Crippen LogP contribution in [0.15, 0.2) is 24.8 Å². The van der Waals surface area contributed by atoms with Crippen molar-refractivity contribution in [3.63, 3.8) is 0 Å². The lowest BCUT2D eigenvalue weighted by molar-refractivity contribution is 0.769.